The summed E-state index contributed by atoms with van der Waals surface area (Å²) in [5.41, 5.74) is 2.05. The molecule has 3 aromatic carbocycles. The highest BCUT2D eigenvalue weighted by molar-refractivity contribution is 9.10. The summed E-state index contributed by atoms with van der Waals surface area (Å²) >= 11 is 9.60. The molecule has 4 amide bonds. The zero-order chi connectivity index (χ0) is 27.6. The standard InChI is InChI=1S/C27H20BrClN2O7/c1-14-3-8-18(11-21(14)29)31-25(33)19(24(32)30-27(31)36)9-17-10-22(37-2)23(12-20(17)28)38-13-15-4-6-16(7-5-15)26(34)35/h3-12H,13H2,1-2H3,(H,34,35)(H,30,32,36)/b19-9-. The Hall–Kier alpha value is -4.15. The van der Waals surface area contributed by atoms with Crippen LogP contribution < -0.4 is 19.7 Å². The first-order chi connectivity index (χ1) is 18.1. The Labute approximate surface area is 230 Å². The molecule has 0 radical (unpaired) electrons. The maximum atomic E-state index is 13.2. The number of carboxylic acids is 1. The van der Waals surface area contributed by atoms with E-state index in [1.54, 1.807) is 43.3 Å². The first-order valence-corrected chi connectivity index (χ1v) is 12.3. The number of carbonyl (C=O) groups excluding carboxylic acids is 3. The van der Waals surface area contributed by atoms with Crippen LogP contribution in [0.2, 0.25) is 5.02 Å². The normalized spacial score (nSPS) is 14.5. The van der Waals surface area contributed by atoms with Crippen LogP contribution >= 0.6 is 27.5 Å². The maximum Gasteiger partial charge on any atom is 0.335 e. The number of barbiturate groups is 1. The van der Waals surface area contributed by atoms with E-state index in [1.165, 1.54) is 31.4 Å². The minimum absolute atomic E-state index is 0.139. The van der Waals surface area contributed by atoms with E-state index in [4.69, 9.17) is 26.2 Å². The summed E-state index contributed by atoms with van der Waals surface area (Å²) in [6.07, 6.45) is 1.34. The van der Waals surface area contributed by atoms with Crippen LogP contribution in [0.3, 0.4) is 0 Å². The van der Waals surface area contributed by atoms with Crippen molar-refractivity contribution in [3.8, 4) is 11.5 Å². The summed E-state index contributed by atoms with van der Waals surface area (Å²) in [5, 5.41) is 11.6. The maximum absolute atomic E-state index is 13.2. The summed E-state index contributed by atoms with van der Waals surface area (Å²) in [6.45, 7) is 1.92. The molecule has 0 saturated carbocycles. The van der Waals surface area contributed by atoms with E-state index in [0.717, 1.165) is 16.0 Å². The Morgan fingerprint density at radius 2 is 1.79 bits per heavy atom. The lowest BCUT2D eigenvalue weighted by Crippen LogP contribution is -2.54. The topological polar surface area (TPSA) is 122 Å². The molecule has 1 fully saturated rings. The molecule has 1 aliphatic heterocycles. The smallest absolute Gasteiger partial charge is 0.335 e. The number of aryl methyl sites for hydroxylation is 1. The summed E-state index contributed by atoms with van der Waals surface area (Å²) < 4.78 is 11.8. The molecular formula is C27H20BrClN2O7. The molecule has 11 heteroatoms. The van der Waals surface area contributed by atoms with E-state index in [0.29, 0.717) is 26.6 Å². The second kappa shape index (κ2) is 11.1. The summed E-state index contributed by atoms with van der Waals surface area (Å²) in [7, 11) is 1.44. The van der Waals surface area contributed by atoms with Crippen LogP contribution in [0.25, 0.3) is 6.08 Å². The molecule has 0 aromatic heterocycles. The van der Waals surface area contributed by atoms with Gasteiger partial charge >= 0.3 is 12.0 Å². The number of nitrogens with one attached hydrogen (secondary N) is 1. The fourth-order valence-electron chi connectivity index (χ4n) is 3.61. The van der Waals surface area contributed by atoms with Gasteiger partial charge in [0.2, 0.25) is 0 Å². The Kier molecular flexibility index (Phi) is 7.84. The number of methoxy groups -OCH3 is 1. The number of anilines is 1. The van der Waals surface area contributed by atoms with Gasteiger partial charge in [0.05, 0.1) is 18.4 Å². The van der Waals surface area contributed by atoms with Crippen LogP contribution in [-0.4, -0.2) is 36.0 Å². The zero-order valence-corrected chi connectivity index (χ0v) is 22.4. The monoisotopic (exact) mass is 598 g/mol. The third-order valence-electron chi connectivity index (χ3n) is 5.69. The van der Waals surface area contributed by atoms with Crippen molar-refractivity contribution in [1.29, 1.82) is 0 Å². The van der Waals surface area contributed by atoms with E-state index in [1.807, 2.05) is 0 Å². The van der Waals surface area contributed by atoms with Gasteiger partial charge in [-0.25, -0.2) is 14.5 Å². The van der Waals surface area contributed by atoms with Crippen molar-refractivity contribution in [2.45, 2.75) is 13.5 Å². The van der Waals surface area contributed by atoms with E-state index in [9.17, 15) is 19.2 Å². The summed E-state index contributed by atoms with van der Waals surface area (Å²) in [5.74, 6) is -1.98. The van der Waals surface area contributed by atoms with Crippen molar-refractivity contribution in [3.05, 3.63) is 91.9 Å². The number of ether oxygens (including phenoxy) is 2. The first kappa shape index (κ1) is 26.9. The van der Waals surface area contributed by atoms with E-state index in [-0.39, 0.29) is 23.4 Å². The van der Waals surface area contributed by atoms with Crippen molar-refractivity contribution in [2.24, 2.45) is 0 Å². The number of aromatic carboxylic acids is 1. The minimum Gasteiger partial charge on any atom is -0.493 e. The number of benzene rings is 3. The van der Waals surface area contributed by atoms with Gasteiger partial charge in [-0.2, -0.15) is 0 Å². The zero-order valence-electron chi connectivity index (χ0n) is 20.1. The highest BCUT2D eigenvalue weighted by Gasteiger charge is 2.37. The second-order valence-corrected chi connectivity index (χ2v) is 9.47. The molecule has 0 bridgehead atoms. The fraction of sp³-hybridized carbons (Fsp3) is 0.111. The number of carbonyl (C=O) groups is 4. The summed E-state index contributed by atoms with van der Waals surface area (Å²) in [4.78, 5) is 50.2. The molecule has 1 aliphatic rings. The number of carboxylic acid groups (broad SMARTS) is 1. The van der Waals surface area contributed by atoms with Crippen LogP contribution in [0, 0.1) is 6.92 Å². The van der Waals surface area contributed by atoms with Crippen LogP contribution in [0.1, 0.15) is 27.0 Å². The van der Waals surface area contributed by atoms with Crippen LogP contribution in [-0.2, 0) is 16.2 Å². The number of hydrogen-bond acceptors (Lipinski definition) is 6. The lowest BCUT2D eigenvalue weighted by Gasteiger charge is -2.26. The van der Waals surface area contributed by atoms with Gasteiger partial charge in [0, 0.05) is 9.50 Å². The van der Waals surface area contributed by atoms with Gasteiger partial charge in [-0.15, -0.1) is 0 Å². The molecule has 9 nitrogen and oxygen atoms in total. The molecule has 4 rings (SSSR count). The molecule has 1 heterocycles. The molecule has 0 aliphatic carbocycles. The summed E-state index contributed by atoms with van der Waals surface area (Å²) in [6, 6.07) is 13.3. The van der Waals surface area contributed by atoms with Crippen molar-refractivity contribution >= 4 is 63.1 Å². The average Bonchev–Trinajstić information content (AvgIpc) is 2.88. The van der Waals surface area contributed by atoms with Crippen molar-refractivity contribution < 1.29 is 33.8 Å². The molecule has 0 atom stereocenters. The van der Waals surface area contributed by atoms with E-state index in [2.05, 4.69) is 21.2 Å². The number of amides is 4. The van der Waals surface area contributed by atoms with Gasteiger partial charge in [0.25, 0.3) is 11.8 Å². The number of hydrogen-bond donors (Lipinski definition) is 2. The Bertz CT molecular complexity index is 1500. The van der Waals surface area contributed by atoms with E-state index >= 15 is 0 Å². The molecule has 3 aromatic rings. The Balaban J connectivity index is 1.61. The number of imide groups is 2. The predicted molar refractivity (Wildman–Crippen MR) is 144 cm³/mol. The van der Waals surface area contributed by atoms with E-state index < -0.39 is 23.8 Å². The molecule has 0 spiro atoms. The highest BCUT2D eigenvalue weighted by Crippen LogP contribution is 2.36. The fourth-order valence-corrected chi connectivity index (χ4v) is 4.22. The van der Waals surface area contributed by atoms with Crippen molar-refractivity contribution in [1.82, 2.24) is 5.32 Å². The molecular weight excluding hydrogens is 580 g/mol. The second-order valence-electron chi connectivity index (χ2n) is 8.21. The number of halogens is 2. The average molecular weight is 600 g/mol. The van der Waals surface area contributed by atoms with Gasteiger partial charge in [0.15, 0.2) is 11.5 Å². The minimum atomic E-state index is -1.02. The molecule has 0 unspecified atom stereocenters. The Morgan fingerprint density at radius 1 is 1.08 bits per heavy atom. The SMILES string of the molecule is COc1cc(/C=C2/C(=O)NC(=O)N(c3ccc(C)c(Cl)c3)C2=O)c(Br)cc1OCc1ccc(C(=O)O)cc1. The molecule has 2 N–H and O–H groups in total. The lowest BCUT2D eigenvalue weighted by molar-refractivity contribution is -0.122. The van der Waals surface area contributed by atoms with Gasteiger partial charge in [-0.1, -0.05) is 45.7 Å². The van der Waals surface area contributed by atoms with Crippen molar-refractivity contribution in [3.63, 3.8) is 0 Å². The van der Waals surface area contributed by atoms with Crippen molar-refractivity contribution in [2.75, 3.05) is 12.0 Å². The number of nitrogens with zero attached hydrogens (tertiary/aromatic N) is 1. The number of urea groups is 1. The largest absolute Gasteiger partial charge is 0.493 e. The van der Waals surface area contributed by atoms with Gasteiger partial charge in [-0.05, 0) is 66.1 Å². The number of rotatable bonds is 7. The van der Waals surface area contributed by atoms with Gasteiger partial charge in [-0.3, -0.25) is 14.9 Å². The predicted octanol–water partition coefficient (Wildman–Crippen LogP) is 5.36. The third-order valence-corrected chi connectivity index (χ3v) is 6.79. The van der Waals surface area contributed by atoms with Crippen LogP contribution in [0.5, 0.6) is 11.5 Å². The first-order valence-electron chi connectivity index (χ1n) is 11.1. The molecule has 1 saturated heterocycles. The Morgan fingerprint density at radius 3 is 2.42 bits per heavy atom. The highest BCUT2D eigenvalue weighted by atomic mass is 79.9. The van der Waals surface area contributed by atoms with Gasteiger partial charge < -0.3 is 14.6 Å². The molecule has 194 valence electrons. The lowest BCUT2D eigenvalue weighted by atomic mass is 10.1. The third kappa shape index (κ3) is 5.56. The quantitative estimate of drug-likeness (QED) is 0.277. The van der Waals surface area contributed by atoms with Gasteiger partial charge in [0.1, 0.15) is 12.2 Å². The molecule has 38 heavy (non-hydrogen) atoms. The van der Waals surface area contributed by atoms with Crippen LogP contribution in [0.15, 0.2) is 64.6 Å². The van der Waals surface area contributed by atoms with Crippen LogP contribution in [0.4, 0.5) is 10.5 Å².